The lowest BCUT2D eigenvalue weighted by atomic mass is 10.0. The maximum Gasteiger partial charge on any atom is 0.276 e. The number of hydrogen-bond acceptors (Lipinski definition) is 6. The smallest absolute Gasteiger partial charge is 0.276 e. The molecule has 0 atom stereocenters. The lowest BCUT2D eigenvalue weighted by Crippen LogP contribution is -2.19. The van der Waals surface area contributed by atoms with Gasteiger partial charge in [-0.2, -0.15) is 11.8 Å². The topological polar surface area (TPSA) is 80.1 Å². The second-order valence-electron chi connectivity index (χ2n) is 4.82. The Morgan fingerprint density at radius 2 is 2.00 bits per heavy atom. The van der Waals surface area contributed by atoms with E-state index in [-0.39, 0.29) is 10.6 Å². The summed E-state index contributed by atoms with van der Waals surface area (Å²) < 4.78 is 0. The Hall–Kier alpha value is -1.50. The van der Waals surface area contributed by atoms with Gasteiger partial charge in [-0.05, 0) is 37.2 Å². The molecule has 0 spiro atoms. The van der Waals surface area contributed by atoms with Crippen LogP contribution < -0.4 is 10.6 Å². The third-order valence-electron chi connectivity index (χ3n) is 3.29. The van der Waals surface area contributed by atoms with Crippen molar-refractivity contribution in [3.63, 3.8) is 0 Å². The molecule has 1 aromatic heterocycles. The molecule has 0 amide bonds. The van der Waals surface area contributed by atoms with Crippen molar-refractivity contribution in [3.05, 3.63) is 22.2 Å². The zero-order chi connectivity index (χ0) is 14.4. The lowest BCUT2D eigenvalue weighted by molar-refractivity contribution is -0.384. The molecule has 0 aliphatic carbocycles. The SMILES string of the molecule is CCNc1cc([N+](=O)[O-])cc(NCC2CCSCC2)n1. The summed E-state index contributed by atoms with van der Waals surface area (Å²) in [5, 5.41) is 17.2. The number of thioether (sulfide) groups is 1. The first-order valence-electron chi connectivity index (χ1n) is 6.91. The van der Waals surface area contributed by atoms with Crippen LogP contribution in [-0.2, 0) is 0 Å². The summed E-state index contributed by atoms with van der Waals surface area (Å²) in [5.74, 6) is 4.17. The predicted molar refractivity (Wildman–Crippen MR) is 83.6 cm³/mol. The maximum atomic E-state index is 10.9. The Balaban J connectivity index is 2.03. The molecule has 1 aliphatic rings. The van der Waals surface area contributed by atoms with Crippen LogP contribution in [0.15, 0.2) is 12.1 Å². The van der Waals surface area contributed by atoms with Crippen LogP contribution in [-0.4, -0.2) is 34.5 Å². The highest BCUT2D eigenvalue weighted by atomic mass is 32.2. The van der Waals surface area contributed by atoms with Crippen molar-refractivity contribution in [1.82, 2.24) is 4.98 Å². The Morgan fingerprint density at radius 1 is 1.35 bits per heavy atom. The predicted octanol–water partition coefficient (Wildman–Crippen LogP) is 2.98. The molecule has 0 aromatic carbocycles. The summed E-state index contributed by atoms with van der Waals surface area (Å²) in [6.45, 7) is 3.46. The van der Waals surface area contributed by atoms with Crippen molar-refractivity contribution < 1.29 is 4.92 Å². The molecule has 7 heteroatoms. The minimum absolute atomic E-state index is 0.0673. The quantitative estimate of drug-likeness (QED) is 0.620. The van der Waals surface area contributed by atoms with E-state index in [1.165, 1.54) is 36.5 Å². The number of rotatable bonds is 6. The highest BCUT2D eigenvalue weighted by Gasteiger charge is 2.15. The average molecular weight is 296 g/mol. The van der Waals surface area contributed by atoms with E-state index in [0.717, 1.165) is 6.54 Å². The van der Waals surface area contributed by atoms with E-state index in [4.69, 9.17) is 0 Å². The third kappa shape index (κ3) is 4.26. The first-order valence-corrected chi connectivity index (χ1v) is 8.06. The van der Waals surface area contributed by atoms with Gasteiger partial charge < -0.3 is 10.6 Å². The number of nitrogens with zero attached hydrogens (tertiary/aromatic N) is 2. The summed E-state index contributed by atoms with van der Waals surface area (Å²) in [6.07, 6.45) is 2.40. The summed E-state index contributed by atoms with van der Waals surface area (Å²) in [4.78, 5) is 14.9. The molecule has 0 bridgehead atoms. The van der Waals surface area contributed by atoms with E-state index in [9.17, 15) is 10.1 Å². The van der Waals surface area contributed by atoms with Gasteiger partial charge in [-0.15, -0.1) is 0 Å². The van der Waals surface area contributed by atoms with Crippen LogP contribution in [0.25, 0.3) is 0 Å². The van der Waals surface area contributed by atoms with Gasteiger partial charge in [0.15, 0.2) is 0 Å². The number of nitro groups is 1. The largest absolute Gasteiger partial charge is 0.370 e. The van der Waals surface area contributed by atoms with Gasteiger partial charge in [0.1, 0.15) is 11.6 Å². The van der Waals surface area contributed by atoms with Gasteiger partial charge in [0.05, 0.1) is 17.1 Å². The van der Waals surface area contributed by atoms with Crippen LogP contribution in [0.1, 0.15) is 19.8 Å². The second kappa shape index (κ2) is 7.33. The highest BCUT2D eigenvalue weighted by Crippen LogP contribution is 2.24. The van der Waals surface area contributed by atoms with Crippen LogP contribution in [0.3, 0.4) is 0 Å². The van der Waals surface area contributed by atoms with Crippen LogP contribution in [0.4, 0.5) is 17.3 Å². The van der Waals surface area contributed by atoms with Gasteiger partial charge in [-0.25, -0.2) is 4.98 Å². The van der Waals surface area contributed by atoms with Gasteiger partial charge in [0.25, 0.3) is 5.69 Å². The fourth-order valence-electron chi connectivity index (χ4n) is 2.18. The molecule has 1 aliphatic heterocycles. The molecule has 2 rings (SSSR count). The lowest BCUT2D eigenvalue weighted by Gasteiger charge is -2.21. The molecule has 0 unspecified atom stereocenters. The normalized spacial score (nSPS) is 15.8. The van der Waals surface area contributed by atoms with Crippen LogP contribution >= 0.6 is 11.8 Å². The van der Waals surface area contributed by atoms with Crippen molar-refractivity contribution in [3.8, 4) is 0 Å². The molecule has 1 aromatic rings. The molecular formula is C13H20N4O2S. The van der Waals surface area contributed by atoms with Gasteiger partial charge in [-0.1, -0.05) is 0 Å². The summed E-state index contributed by atoms with van der Waals surface area (Å²) in [5.41, 5.74) is 0.0673. The van der Waals surface area contributed by atoms with E-state index < -0.39 is 0 Å². The Morgan fingerprint density at radius 3 is 2.60 bits per heavy atom. The zero-order valence-electron chi connectivity index (χ0n) is 11.6. The van der Waals surface area contributed by atoms with Crippen molar-refractivity contribution in [2.45, 2.75) is 19.8 Å². The molecular weight excluding hydrogens is 276 g/mol. The Kier molecular flexibility index (Phi) is 5.46. The minimum Gasteiger partial charge on any atom is -0.370 e. The van der Waals surface area contributed by atoms with Gasteiger partial charge in [0.2, 0.25) is 0 Å². The van der Waals surface area contributed by atoms with Crippen LogP contribution in [0, 0.1) is 16.0 Å². The van der Waals surface area contributed by atoms with Crippen LogP contribution in [0.2, 0.25) is 0 Å². The standard InChI is InChI=1S/C13H20N4O2S/c1-2-14-12-7-11(17(18)19)8-13(16-12)15-9-10-3-5-20-6-4-10/h7-8,10H,2-6,9H2,1H3,(H2,14,15,16). The van der Waals surface area contributed by atoms with Gasteiger partial charge in [-0.3, -0.25) is 10.1 Å². The first-order chi connectivity index (χ1) is 9.69. The van der Waals surface area contributed by atoms with Crippen molar-refractivity contribution in [2.24, 2.45) is 5.92 Å². The average Bonchev–Trinajstić information content (AvgIpc) is 2.46. The maximum absolute atomic E-state index is 10.9. The molecule has 110 valence electrons. The molecule has 2 heterocycles. The summed E-state index contributed by atoms with van der Waals surface area (Å²) >= 11 is 1.99. The minimum atomic E-state index is -0.384. The number of pyridine rings is 1. The highest BCUT2D eigenvalue weighted by molar-refractivity contribution is 7.99. The van der Waals surface area contributed by atoms with E-state index in [0.29, 0.717) is 24.1 Å². The molecule has 6 nitrogen and oxygen atoms in total. The fraction of sp³-hybridized carbons (Fsp3) is 0.615. The Labute approximate surface area is 122 Å². The van der Waals surface area contributed by atoms with E-state index >= 15 is 0 Å². The molecule has 1 fully saturated rings. The van der Waals surface area contributed by atoms with Crippen LogP contribution in [0.5, 0.6) is 0 Å². The molecule has 0 radical (unpaired) electrons. The number of anilines is 2. The number of aromatic nitrogens is 1. The van der Waals surface area contributed by atoms with E-state index in [1.54, 1.807) is 0 Å². The van der Waals surface area contributed by atoms with Crippen molar-refractivity contribution in [2.75, 3.05) is 35.2 Å². The summed E-state index contributed by atoms with van der Waals surface area (Å²) in [7, 11) is 0. The summed E-state index contributed by atoms with van der Waals surface area (Å²) in [6, 6.07) is 2.96. The Bertz CT molecular complexity index is 464. The molecule has 2 N–H and O–H groups in total. The third-order valence-corrected chi connectivity index (χ3v) is 4.34. The first kappa shape index (κ1) is 14.9. The van der Waals surface area contributed by atoms with E-state index in [1.807, 2.05) is 18.7 Å². The molecule has 0 saturated carbocycles. The number of hydrogen-bond donors (Lipinski definition) is 2. The zero-order valence-corrected chi connectivity index (χ0v) is 12.4. The number of nitrogens with one attached hydrogen (secondary N) is 2. The monoisotopic (exact) mass is 296 g/mol. The van der Waals surface area contributed by atoms with E-state index in [2.05, 4.69) is 15.6 Å². The van der Waals surface area contributed by atoms with Gasteiger partial charge in [0, 0.05) is 13.1 Å². The second-order valence-corrected chi connectivity index (χ2v) is 6.04. The molecule has 20 heavy (non-hydrogen) atoms. The van der Waals surface area contributed by atoms with Gasteiger partial charge >= 0.3 is 0 Å². The molecule has 1 saturated heterocycles. The van der Waals surface area contributed by atoms with Crippen molar-refractivity contribution >= 4 is 29.1 Å². The van der Waals surface area contributed by atoms with Crippen molar-refractivity contribution in [1.29, 1.82) is 0 Å². The fourth-order valence-corrected chi connectivity index (χ4v) is 3.39.